The van der Waals surface area contributed by atoms with E-state index in [4.69, 9.17) is 0 Å². The fourth-order valence-electron chi connectivity index (χ4n) is 1.66. The van der Waals surface area contributed by atoms with Crippen molar-refractivity contribution in [3.8, 4) is 0 Å². The first-order chi connectivity index (χ1) is 9.08. The van der Waals surface area contributed by atoms with Crippen LogP contribution in [0.25, 0.3) is 0 Å². The van der Waals surface area contributed by atoms with Gasteiger partial charge in [0.05, 0.1) is 11.6 Å². The minimum Gasteiger partial charge on any atom is -0.345 e. The first-order valence-electron chi connectivity index (χ1n) is 5.74. The molecule has 1 aromatic carbocycles. The topological polar surface area (TPSA) is 42.0 Å². The highest BCUT2D eigenvalue weighted by atomic mass is 79.9. The third kappa shape index (κ3) is 3.38. The molecule has 0 aliphatic rings. The Kier molecular flexibility index (Phi) is 4.27. The molecule has 1 heterocycles. The van der Waals surface area contributed by atoms with Gasteiger partial charge in [-0.3, -0.25) is 9.78 Å². The lowest BCUT2D eigenvalue weighted by Gasteiger charge is -2.14. The van der Waals surface area contributed by atoms with Crippen LogP contribution in [0.3, 0.4) is 0 Å². The highest BCUT2D eigenvalue weighted by molar-refractivity contribution is 9.10. The number of hydrogen-bond donors (Lipinski definition) is 1. The summed E-state index contributed by atoms with van der Waals surface area (Å²) in [5, 5.41) is 2.74. The van der Waals surface area contributed by atoms with E-state index in [1.165, 1.54) is 12.1 Å². The zero-order chi connectivity index (χ0) is 13.8. The smallest absolute Gasteiger partial charge is 0.254 e. The number of hydrogen-bond acceptors (Lipinski definition) is 2. The molecule has 3 nitrogen and oxygen atoms in total. The molecule has 0 fully saturated rings. The second-order valence-electron chi connectivity index (χ2n) is 4.11. The van der Waals surface area contributed by atoms with Crippen molar-refractivity contribution in [3.63, 3.8) is 0 Å². The van der Waals surface area contributed by atoms with Gasteiger partial charge < -0.3 is 5.32 Å². The Balaban J connectivity index is 2.13. The molecule has 0 aliphatic heterocycles. The summed E-state index contributed by atoms with van der Waals surface area (Å²) in [6, 6.07) is 7.76. The maximum absolute atomic E-state index is 13.7. The summed E-state index contributed by atoms with van der Waals surface area (Å²) < 4.78 is 14.2. The normalized spacial score (nSPS) is 11.9. The molecule has 2 rings (SSSR count). The number of amides is 1. The molecule has 0 radical (unpaired) electrons. The second-order valence-corrected chi connectivity index (χ2v) is 5.02. The van der Waals surface area contributed by atoms with Crippen LogP contribution in [0.1, 0.15) is 28.9 Å². The van der Waals surface area contributed by atoms with Crippen molar-refractivity contribution in [1.29, 1.82) is 0 Å². The molecule has 1 unspecified atom stereocenters. The molecule has 0 bridgehead atoms. The number of aromatic nitrogens is 1. The molecular formula is C14H12BrFN2O. The van der Waals surface area contributed by atoms with Crippen molar-refractivity contribution in [3.05, 3.63) is 64.1 Å². The van der Waals surface area contributed by atoms with Crippen molar-refractivity contribution in [1.82, 2.24) is 10.3 Å². The van der Waals surface area contributed by atoms with Crippen LogP contribution < -0.4 is 5.32 Å². The van der Waals surface area contributed by atoms with E-state index in [2.05, 4.69) is 26.2 Å². The molecule has 5 heteroatoms. The van der Waals surface area contributed by atoms with Crippen LogP contribution in [0.4, 0.5) is 4.39 Å². The number of nitrogens with one attached hydrogen (secondary N) is 1. The molecule has 0 saturated carbocycles. The van der Waals surface area contributed by atoms with E-state index in [0.717, 1.165) is 5.56 Å². The van der Waals surface area contributed by atoms with Gasteiger partial charge in [-0.05, 0) is 36.8 Å². The summed E-state index contributed by atoms with van der Waals surface area (Å²) in [5.74, 6) is -0.994. The molecule has 19 heavy (non-hydrogen) atoms. The van der Waals surface area contributed by atoms with Crippen molar-refractivity contribution in [2.24, 2.45) is 0 Å². The monoisotopic (exact) mass is 322 g/mol. The maximum Gasteiger partial charge on any atom is 0.254 e. The van der Waals surface area contributed by atoms with Crippen molar-refractivity contribution >= 4 is 21.8 Å². The van der Waals surface area contributed by atoms with Crippen LogP contribution >= 0.6 is 15.9 Å². The molecule has 98 valence electrons. The van der Waals surface area contributed by atoms with Gasteiger partial charge >= 0.3 is 0 Å². The molecule has 0 saturated heterocycles. The van der Waals surface area contributed by atoms with Gasteiger partial charge in [0.25, 0.3) is 5.91 Å². The Morgan fingerprint density at radius 2 is 2.21 bits per heavy atom. The van der Waals surface area contributed by atoms with Crippen LogP contribution in [0.5, 0.6) is 0 Å². The Hall–Kier alpha value is -1.75. The SMILES string of the molecule is CC(NC(=O)c1ccc(Br)cc1F)c1cccnc1. The second kappa shape index (κ2) is 5.93. The summed E-state index contributed by atoms with van der Waals surface area (Å²) in [6.07, 6.45) is 3.33. The number of pyridine rings is 1. The average molecular weight is 323 g/mol. The number of nitrogens with zero attached hydrogens (tertiary/aromatic N) is 1. The number of benzene rings is 1. The van der Waals surface area contributed by atoms with Crippen LogP contribution in [0.15, 0.2) is 47.2 Å². The van der Waals surface area contributed by atoms with Gasteiger partial charge in [0.15, 0.2) is 0 Å². The van der Waals surface area contributed by atoms with Crippen LogP contribution in [-0.2, 0) is 0 Å². The first-order valence-corrected chi connectivity index (χ1v) is 6.53. The van der Waals surface area contributed by atoms with Gasteiger partial charge in [0.2, 0.25) is 0 Å². The lowest BCUT2D eigenvalue weighted by molar-refractivity contribution is 0.0936. The van der Waals surface area contributed by atoms with Gasteiger partial charge in [0.1, 0.15) is 5.82 Å². The van der Waals surface area contributed by atoms with E-state index in [9.17, 15) is 9.18 Å². The Bertz CT molecular complexity index is 589. The minimum atomic E-state index is -0.551. The van der Waals surface area contributed by atoms with Crippen LogP contribution in [-0.4, -0.2) is 10.9 Å². The van der Waals surface area contributed by atoms with E-state index in [0.29, 0.717) is 4.47 Å². The van der Waals surface area contributed by atoms with Crippen molar-refractivity contribution < 1.29 is 9.18 Å². The maximum atomic E-state index is 13.7. The summed E-state index contributed by atoms with van der Waals surface area (Å²) in [4.78, 5) is 16.0. The molecule has 1 N–H and O–H groups in total. The Labute approximate surface area is 119 Å². The largest absolute Gasteiger partial charge is 0.345 e. The highest BCUT2D eigenvalue weighted by Crippen LogP contribution is 2.17. The van der Waals surface area contributed by atoms with Gasteiger partial charge in [-0.1, -0.05) is 22.0 Å². The fraction of sp³-hybridized carbons (Fsp3) is 0.143. The summed E-state index contributed by atoms with van der Waals surface area (Å²) in [7, 11) is 0. The zero-order valence-electron chi connectivity index (χ0n) is 10.2. The summed E-state index contributed by atoms with van der Waals surface area (Å²) in [6.45, 7) is 1.83. The molecule has 2 aromatic rings. The van der Waals surface area contributed by atoms with Crippen molar-refractivity contribution in [2.45, 2.75) is 13.0 Å². The van der Waals surface area contributed by atoms with E-state index in [1.54, 1.807) is 24.5 Å². The molecular weight excluding hydrogens is 311 g/mol. The lowest BCUT2D eigenvalue weighted by atomic mass is 10.1. The quantitative estimate of drug-likeness (QED) is 0.940. The Morgan fingerprint density at radius 1 is 1.42 bits per heavy atom. The highest BCUT2D eigenvalue weighted by Gasteiger charge is 2.15. The number of carbonyl (C=O) groups is 1. The predicted molar refractivity (Wildman–Crippen MR) is 74.2 cm³/mol. The fourth-order valence-corrected chi connectivity index (χ4v) is 2.00. The first kappa shape index (κ1) is 13.7. The van der Waals surface area contributed by atoms with Crippen LogP contribution in [0, 0.1) is 5.82 Å². The summed E-state index contributed by atoms with van der Waals surface area (Å²) in [5.41, 5.74) is 0.896. The van der Waals surface area contributed by atoms with Gasteiger partial charge in [-0.2, -0.15) is 0 Å². The van der Waals surface area contributed by atoms with Crippen molar-refractivity contribution in [2.75, 3.05) is 0 Å². The predicted octanol–water partition coefficient (Wildman–Crippen LogP) is 3.47. The molecule has 1 amide bonds. The van der Waals surface area contributed by atoms with Crippen LogP contribution in [0.2, 0.25) is 0 Å². The Morgan fingerprint density at radius 3 is 2.84 bits per heavy atom. The minimum absolute atomic E-state index is 0.0268. The molecule has 1 atom stereocenters. The third-order valence-corrected chi connectivity index (χ3v) is 3.20. The summed E-state index contributed by atoms with van der Waals surface area (Å²) >= 11 is 3.15. The van der Waals surface area contributed by atoms with E-state index >= 15 is 0 Å². The third-order valence-electron chi connectivity index (χ3n) is 2.71. The molecule has 0 spiro atoms. The van der Waals surface area contributed by atoms with E-state index in [-0.39, 0.29) is 11.6 Å². The number of carbonyl (C=O) groups excluding carboxylic acids is 1. The van der Waals surface area contributed by atoms with E-state index in [1.807, 2.05) is 13.0 Å². The van der Waals surface area contributed by atoms with Gasteiger partial charge in [-0.15, -0.1) is 0 Å². The van der Waals surface area contributed by atoms with Gasteiger partial charge in [0, 0.05) is 16.9 Å². The molecule has 0 aliphatic carbocycles. The zero-order valence-corrected chi connectivity index (χ0v) is 11.8. The number of rotatable bonds is 3. The van der Waals surface area contributed by atoms with E-state index < -0.39 is 11.7 Å². The lowest BCUT2D eigenvalue weighted by Crippen LogP contribution is -2.27. The number of halogens is 2. The standard InChI is InChI=1S/C14H12BrFN2O/c1-9(10-3-2-6-17-8-10)18-14(19)12-5-4-11(15)7-13(12)16/h2-9H,1H3,(H,18,19). The van der Waals surface area contributed by atoms with Gasteiger partial charge in [-0.25, -0.2) is 4.39 Å². The molecule has 1 aromatic heterocycles. The average Bonchev–Trinajstić information content (AvgIpc) is 2.39.